The lowest BCUT2D eigenvalue weighted by molar-refractivity contribution is 0.484. The van der Waals surface area contributed by atoms with Gasteiger partial charge in [0.25, 0.3) is 5.89 Å². The largest absolute Gasteiger partial charge is 0.435 e. The zero-order chi connectivity index (χ0) is 35.5. The molecule has 3 aromatic heterocycles. The van der Waals surface area contributed by atoms with Crippen LogP contribution in [0.15, 0.2) is 63.4 Å². The summed E-state index contributed by atoms with van der Waals surface area (Å²) in [6, 6.07) is 19.4. The van der Waals surface area contributed by atoms with Gasteiger partial charge >= 0.3 is 0 Å². The van der Waals surface area contributed by atoms with Crippen molar-refractivity contribution in [2.45, 2.75) is 130 Å². The smallest absolute Gasteiger partial charge is 0.256 e. The van der Waals surface area contributed by atoms with Crippen molar-refractivity contribution in [1.29, 1.82) is 0 Å². The van der Waals surface area contributed by atoms with Gasteiger partial charge in [0.1, 0.15) is 15.9 Å². The molecule has 6 heteroatoms. The van der Waals surface area contributed by atoms with Gasteiger partial charge in [0.15, 0.2) is 16.2 Å². The zero-order valence-electron chi connectivity index (χ0n) is 31.6. The minimum absolute atomic E-state index is 0.0170. The van der Waals surface area contributed by atoms with E-state index in [9.17, 15) is 0 Å². The van der Waals surface area contributed by atoms with Crippen LogP contribution < -0.4 is 0 Å². The van der Waals surface area contributed by atoms with Crippen LogP contribution in [0.2, 0.25) is 0 Å². The molecule has 0 saturated heterocycles. The Hall–Kier alpha value is -3.77. The number of hydrogen-bond acceptors (Lipinski definition) is 6. The molecule has 0 bridgehead atoms. The van der Waals surface area contributed by atoms with Gasteiger partial charge in [-0.05, 0) is 70.6 Å². The normalized spacial score (nSPS) is 13.2. The number of thiazole rings is 1. The predicted octanol–water partition coefficient (Wildman–Crippen LogP) is 13.2. The van der Waals surface area contributed by atoms with Gasteiger partial charge in [0, 0.05) is 16.7 Å². The molecule has 6 aromatic rings. The van der Waals surface area contributed by atoms with E-state index in [0.29, 0.717) is 16.8 Å². The van der Waals surface area contributed by atoms with Crippen LogP contribution in [0.25, 0.3) is 55.1 Å². The lowest BCUT2D eigenvalue weighted by Gasteiger charge is -2.28. The summed E-state index contributed by atoms with van der Waals surface area (Å²) in [4.78, 5) is 16.4. The molecule has 0 radical (unpaired) electrons. The third-order valence-corrected chi connectivity index (χ3v) is 12.6. The number of rotatable bonds is 11. The van der Waals surface area contributed by atoms with E-state index in [1.807, 2.05) is 18.2 Å². The Labute approximate surface area is 296 Å². The Morgan fingerprint density at radius 1 is 0.551 bits per heavy atom. The maximum Gasteiger partial charge on any atom is 0.256 e. The Morgan fingerprint density at radius 2 is 1.00 bits per heavy atom. The average Bonchev–Trinajstić information content (AvgIpc) is 3.84. The number of fused-ring (bicyclic) bond motifs is 2. The molecule has 0 spiro atoms. The van der Waals surface area contributed by atoms with E-state index < -0.39 is 0 Å². The van der Waals surface area contributed by atoms with Crippen molar-refractivity contribution >= 4 is 33.5 Å². The highest BCUT2D eigenvalue weighted by molar-refractivity contribution is 7.18. The van der Waals surface area contributed by atoms with E-state index >= 15 is 0 Å². The molecule has 0 unspecified atom stereocenters. The standard InChI is InChI=1S/C43H53N3O2S/c1-13-40(5,6)27-22-29(42(9,10)15-3)34-31(24-27)44-37(47-34)36-33(26-20-18-17-19-21-26)46-39(49-36)38-45-32-25-28(41(7,8)14-2)23-30(35(32)48-38)43(11,12)16-4/h17-25H,13-16H2,1-12H3. The van der Waals surface area contributed by atoms with Gasteiger partial charge in [-0.1, -0.05) is 126 Å². The third-order valence-electron chi connectivity index (χ3n) is 11.6. The lowest BCUT2D eigenvalue weighted by Crippen LogP contribution is -2.20. The van der Waals surface area contributed by atoms with E-state index in [0.717, 1.165) is 64.0 Å². The first-order valence-corrected chi connectivity index (χ1v) is 18.8. The Balaban J connectivity index is 1.59. The van der Waals surface area contributed by atoms with Gasteiger partial charge in [-0.15, -0.1) is 11.3 Å². The van der Waals surface area contributed by atoms with Gasteiger partial charge in [-0.3, -0.25) is 0 Å². The molecule has 0 aliphatic heterocycles. The monoisotopic (exact) mass is 675 g/mol. The van der Waals surface area contributed by atoms with Gasteiger partial charge < -0.3 is 8.83 Å². The van der Waals surface area contributed by atoms with E-state index in [4.69, 9.17) is 23.8 Å². The topological polar surface area (TPSA) is 65.0 Å². The molecule has 0 atom stereocenters. The fourth-order valence-electron chi connectivity index (χ4n) is 6.18. The van der Waals surface area contributed by atoms with Crippen LogP contribution >= 0.6 is 11.3 Å². The second-order valence-corrected chi connectivity index (χ2v) is 17.3. The molecule has 0 fully saturated rings. The first-order chi connectivity index (χ1) is 23.0. The minimum atomic E-state index is -0.0800. The van der Waals surface area contributed by atoms with Gasteiger partial charge in [-0.25, -0.2) is 15.0 Å². The van der Waals surface area contributed by atoms with Crippen LogP contribution in [0.4, 0.5) is 0 Å². The van der Waals surface area contributed by atoms with Crippen molar-refractivity contribution < 1.29 is 8.83 Å². The summed E-state index contributed by atoms with van der Waals surface area (Å²) in [5.74, 6) is 1.10. The maximum absolute atomic E-state index is 6.80. The lowest BCUT2D eigenvalue weighted by atomic mass is 9.76. The second-order valence-electron chi connectivity index (χ2n) is 16.3. The molecule has 0 aliphatic rings. The number of nitrogens with zero attached hydrogens (tertiary/aromatic N) is 3. The SMILES string of the molecule is CCC(C)(C)c1cc(C(C)(C)CC)c2oc(-c3nc(-c4ccccc4)c(-c4nc5cc(C(C)(C)CC)cc(C(C)(C)CC)c5o4)s3)nc2c1. The molecule has 49 heavy (non-hydrogen) atoms. The van der Waals surface area contributed by atoms with Crippen molar-refractivity contribution in [2.24, 2.45) is 0 Å². The van der Waals surface area contributed by atoms with Crippen molar-refractivity contribution in [3.63, 3.8) is 0 Å². The third kappa shape index (κ3) is 6.26. The van der Waals surface area contributed by atoms with Crippen molar-refractivity contribution in [3.8, 4) is 32.9 Å². The van der Waals surface area contributed by atoms with Crippen molar-refractivity contribution in [1.82, 2.24) is 15.0 Å². The van der Waals surface area contributed by atoms with E-state index in [2.05, 4.69) is 119 Å². The molecular formula is C43H53N3O2S. The molecular weight excluding hydrogens is 623 g/mol. The predicted molar refractivity (Wildman–Crippen MR) is 207 cm³/mol. The number of hydrogen-bond donors (Lipinski definition) is 0. The number of oxazole rings is 2. The first-order valence-electron chi connectivity index (χ1n) is 18.0. The summed E-state index contributed by atoms with van der Waals surface area (Å²) in [7, 11) is 0. The molecule has 3 aromatic carbocycles. The van der Waals surface area contributed by atoms with E-state index in [1.54, 1.807) is 0 Å². The van der Waals surface area contributed by atoms with Crippen LogP contribution in [0.5, 0.6) is 0 Å². The number of benzene rings is 3. The Bertz CT molecular complexity index is 2120. The van der Waals surface area contributed by atoms with Crippen molar-refractivity contribution in [3.05, 3.63) is 76.9 Å². The summed E-state index contributed by atoms with van der Waals surface area (Å²) >= 11 is 1.53. The number of aromatic nitrogens is 3. The van der Waals surface area contributed by atoms with Gasteiger partial charge in [-0.2, -0.15) is 0 Å². The zero-order valence-corrected chi connectivity index (χ0v) is 32.4. The van der Waals surface area contributed by atoms with Crippen LogP contribution in [0.1, 0.15) is 131 Å². The van der Waals surface area contributed by atoms with Crippen molar-refractivity contribution in [2.75, 3.05) is 0 Å². The molecule has 0 saturated carbocycles. The summed E-state index contributed by atoms with van der Waals surface area (Å²) < 4.78 is 13.5. The molecule has 6 rings (SSSR count). The fourth-order valence-corrected chi connectivity index (χ4v) is 7.12. The van der Waals surface area contributed by atoms with E-state index in [1.165, 1.54) is 33.6 Å². The highest BCUT2D eigenvalue weighted by Gasteiger charge is 2.32. The van der Waals surface area contributed by atoms with Crippen LogP contribution in [0, 0.1) is 0 Å². The highest BCUT2D eigenvalue weighted by atomic mass is 32.1. The van der Waals surface area contributed by atoms with Crippen LogP contribution in [0.3, 0.4) is 0 Å². The molecule has 0 N–H and O–H groups in total. The maximum atomic E-state index is 6.80. The van der Waals surface area contributed by atoms with E-state index in [-0.39, 0.29) is 21.7 Å². The first kappa shape index (κ1) is 35.1. The molecule has 0 aliphatic carbocycles. The van der Waals surface area contributed by atoms with Gasteiger partial charge in [0.05, 0.1) is 5.69 Å². The Morgan fingerprint density at radius 3 is 1.47 bits per heavy atom. The summed E-state index contributed by atoms with van der Waals surface area (Å²) in [5, 5.41) is 0.714. The molecule has 5 nitrogen and oxygen atoms in total. The quantitative estimate of drug-likeness (QED) is 0.137. The fraction of sp³-hybridized carbons (Fsp3) is 0.465. The average molecular weight is 676 g/mol. The highest BCUT2D eigenvalue weighted by Crippen LogP contribution is 2.46. The Kier molecular flexibility index (Phi) is 8.97. The molecule has 258 valence electrons. The molecule has 0 amide bonds. The molecule has 3 heterocycles. The van der Waals surface area contributed by atoms with Crippen LogP contribution in [-0.2, 0) is 21.7 Å². The summed E-state index contributed by atoms with van der Waals surface area (Å²) in [6.07, 6.45) is 4.04. The summed E-state index contributed by atoms with van der Waals surface area (Å²) in [5.41, 5.74) is 10.1. The van der Waals surface area contributed by atoms with Crippen LogP contribution in [-0.4, -0.2) is 15.0 Å². The summed E-state index contributed by atoms with van der Waals surface area (Å²) in [6.45, 7) is 27.3. The second kappa shape index (κ2) is 12.5. The minimum Gasteiger partial charge on any atom is -0.435 e. The van der Waals surface area contributed by atoms with Gasteiger partial charge in [0.2, 0.25) is 5.89 Å².